The SMILES string of the molecule is CCCCCCN(CCC(=O)OC)C(=O)/C=C/c1ccc([N+](=O)[O-])cc1. The molecule has 0 bridgehead atoms. The Morgan fingerprint density at radius 2 is 1.85 bits per heavy atom. The van der Waals surface area contributed by atoms with Gasteiger partial charge in [0.05, 0.1) is 18.5 Å². The van der Waals surface area contributed by atoms with E-state index in [4.69, 9.17) is 0 Å². The normalized spacial score (nSPS) is 10.7. The lowest BCUT2D eigenvalue weighted by atomic mass is 10.1. The number of amides is 1. The van der Waals surface area contributed by atoms with Crippen LogP contribution in [0.2, 0.25) is 0 Å². The van der Waals surface area contributed by atoms with Gasteiger partial charge < -0.3 is 9.64 Å². The molecule has 1 aromatic rings. The number of ether oxygens (including phenoxy) is 1. The number of benzene rings is 1. The van der Waals surface area contributed by atoms with Crippen molar-refractivity contribution in [3.05, 3.63) is 46.0 Å². The summed E-state index contributed by atoms with van der Waals surface area (Å²) in [6.45, 7) is 3.01. The summed E-state index contributed by atoms with van der Waals surface area (Å²) in [5.74, 6) is -0.542. The highest BCUT2D eigenvalue weighted by atomic mass is 16.6. The Labute approximate surface area is 153 Å². The van der Waals surface area contributed by atoms with E-state index in [2.05, 4.69) is 11.7 Å². The third-order valence-corrected chi connectivity index (χ3v) is 3.93. The number of carbonyl (C=O) groups is 2. The summed E-state index contributed by atoms with van der Waals surface area (Å²) in [4.78, 5) is 35.6. The van der Waals surface area contributed by atoms with E-state index in [0.29, 0.717) is 18.7 Å². The molecule has 0 fully saturated rings. The Morgan fingerprint density at radius 1 is 1.15 bits per heavy atom. The monoisotopic (exact) mass is 362 g/mol. The smallest absolute Gasteiger partial charge is 0.307 e. The van der Waals surface area contributed by atoms with Crippen LogP contribution in [0.5, 0.6) is 0 Å². The van der Waals surface area contributed by atoms with Gasteiger partial charge in [0.25, 0.3) is 5.69 Å². The lowest BCUT2D eigenvalue weighted by Crippen LogP contribution is -2.32. The third-order valence-electron chi connectivity index (χ3n) is 3.93. The fraction of sp³-hybridized carbons (Fsp3) is 0.474. The summed E-state index contributed by atoms with van der Waals surface area (Å²) < 4.78 is 4.63. The maximum Gasteiger partial charge on any atom is 0.307 e. The van der Waals surface area contributed by atoms with Gasteiger partial charge >= 0.3 is 5.97 Å². The maximum absolute atomic E-state index is 12.4. The van der Waals surface area contributed by atoms with Gasteiger partial charge in [0.2, 0.25) is 5.91 Å². The molecule has 0 saturated carbocycles. The van der Waals surface area contributed by atoms with Gasteiger partial charge in [-0.2, -0.15) is 0 Å². The molecular formula is C19H26N2O5. The lowest BCUT2D eigenvalue weighted by Gasteiger charge is -2.20. The Balaban J connectivity index is 2.68. The van der Waals surface area contributed by atoms with Crippen molar-refractivity contribution >= 4 is 23.6 Å². The summed E-state index contributed by atoms with van der Waals surface area (Å²) in [5.41, 5.74) is 0.701. The number of nitrogens with zero attached hydrogens (tertiary/aromatic N) is 2. The molecule has 26 heavy (non-hydrogen) atoms. The second-order valence-corrected chi connectivity index (χ2v) is 5.89. The quantitative estimate of drug-likeness (QED) is 0.197. The van der Waals surface area contributed by atoms with Gasteiger partial charge in [0, 0.05) is 31.3 Å². The molecule has 0 radical (unpaired) electrons. The Hall–Kier alpha value is -2.70. The Morgan fingerprint density at radius 3 is 2.42 bits per heavy atom. The van der Waals surface area contributed by atoms with Crippen LogP contribution in [0.1, 0.15) is 44.6 Å². The standard InChI is InChI=1S/C19H26N2O5/c1-3-4-5-6-14-20(15-13-19(23)26-2)18(22)12-9-16-7-10-17(11-8-16)21(24)25/h7-12H,3-6,13-15H2,1-2H3/b12-9+. The first kappa shape index (κ1) is 21.3. The number of hydrogen-bond donors (Lipinski definition) is 0. The number of hydrogen-bond acceptors (Lipinski definition) is 5. The predicted octanol–water partition coefficient (Wildman–Crippen LogP) is 3.58. The van der Waals surface area contributed by atoms with Crippen LogP contribution in [0.4, 0.5) is 5.69 Å². The minimum atomic E-state index is -0.469. The first-order chi connectivity index (χ1) is 12.5. The molecule has 1 aromatic carbocycles. The fourth-order valence-electron chi connectivity index (χ4n) is 2.37. The molecule has 0 aromatic heterocycles. The maximum atomic E-state index is 12.4. The number of non-ortho nitro benzene ring substituents is 1. The fourth-order valence-corrected chi connectivity index (χ4v) is 2.37. The minimum absolute atomic E-state index is 0.00380. The van der Waals surface area contributed by atoms with E-state index in [1.165, 1.54) is 25.3 Å². The number of nitro groups is 1. The number of methoxy groups -OCH3 is 1. The van der Waals surface area contributed by atoms with Crippen LogP contribution in [-0.2, 0) is 14.3 Å². The highest BCUT2D eigenvalue weighted by Gasteiger charge is 2.13. The molecule has 0 aliphatic carbocycles. The van der Waals surface area contributed by atoms with Crippen LogP contribution in [-0.4, -0.2) is 41.9 Å². The molecule has 0 spiro atoms. The van der Waals surface area contributed by atoms with Gasteiger partial charge in [-0.15, -0.1) is 0 Å². The molecule has 0 heterocycles. The molecular weight excluding hydrogens is 336 g/mol. The molecule has 1 rings (SSSR count). The molecule has 7 nitrogen and oxygen atoms in total. The highest BCUT2D eigenvalue weighted by Crippen LogP contribution is 2.13. The number of nitro benzene ring substituents is 1. The van der Waals surface area contributed by atoms with Crippen molar-refractivity contribution in [2.24, 2.45) is 0 Å². The van der Waals surface area contributed by atoms with Crippen molar-refractivity contribution in [3.8, 4) is 0 Å². The average molecular weight is 362 g/mol. The topological polar surface area (TPSA) is 89.8 Å². The first-order valence-corrected chi connectivity index (χ1v) is 8.76. The van der Waals surface area contributed by atoms with Crippen molar-refractivity contribution in [1.29, 1.82) is 0 Å². The van der Waals surface area contributed by atoms with E-state index < -0.39 is 4.92 Å². The summed E-state index contributed by atoms with van der Waals surface area (Å²) in [5, 5.41) is 10.7. The van der Waals surface area contributed by atoms with E-state index in [1.807, 2.05) is 0 Å². The first-order valence-electron chi connectivity index (χ1n) is 8.76. The molecule has 7 heteroatoms. The molecule has 142 valence electrons. The van der Waals surface area contributed by atoms with E-state index in [9.17, 15) is 19.7 Å². The molecule has 1 amide bonds. The van der Waals surface area contributed by atoms with Crippen molar-refractivity contribution in [2.75, 3.05) is 20.2 Å². The summed E-state index contributed by atoms with van der Waals surface area (Å²) in [6.07, 6.45) is 7.33. The summed E-state index contributed by atoms with van der Waals surface area (Å²) >= 11 is 0. The van der Waals surface area contributed by atoms with Crippen LogP contribution in [0.25, 0.3) is 6.08 Å². The lowest BCUT2D eigenvalue weighted by molar-refractivity contribution is -0.384. The van der Waals surface area contributed by atoms with E-state index in [-0.39, 0.29) is 24.0 Å². The number of rotatable bonds is 11. The van der Waals surface area contributed by atoms with Crippen LogP contribution < -0.4 is 0 Å². The zero-order chi connectivity index (χ0) is 19.4. The van der Waals surface area contributed by atoms with Crippen LogP contribution in [0, 0.1) is 10.1 Å². The molecule has 0 N–H and O–H groups in total. The zero-order valence-corrected chi connectivity index (χ0v) is 15.3. The summed E-state index contributed by atoms with van der Waals surface area (Å²) in [6, 6.07) is 5.96. The van der Waals surface area contributed by atoms with Gasteiger partial charge in [-0.1, -0.05) is 26.2 Å². The van der Waals surface area contributed by atoms with Gasteiger partial charge in [0.15, 0.2) is 0 Å². The van der Waals surface area contributed by atoms with Crippen LogP contribution in [0.15, 0.2) is 30.3 Å². The van der Waals surface area contributed by atoms with Crippen LogP contribution in [0.3, 0.4) is 0 Å². The zero-order valence-electron chi connectivity index (χ0n) is 15.3. The molecule has 0 aliphatic rings. The number of carbonyl (C=O) groups excluding carboxylic acids is 2. The largest absolute Gasteiger partial charge is 0.469 e. The van der Waals surface area contributed by atoms with Gasteiger partial charge in [-0.3, -0.25) is 19.7 Å². The van der Waals surface area contributed by atoms with Gasteiger partial charge in [0.1, 0.15) is 0 Å². The minimum Gasteiger partial charge on any atom is -0.469 e. The van der Waals surface area contributed by atoms with E-state index in [1.54, 1.807) is 23.1 Å². The molecule has 0 unspecified atom stereocenters. The molecule has 0 aliphatic heterocycles. The Kier molecular flexibility index (Phi) is 9.67. The van der Waals surface area contributed by atoms with Crippen molar-refractivity contribution in [2.45, 2.75) is 39.0 Å². The van der Waals surface area contributed by atoms with Gasteiger partial charge in [-0.25, -0.2) is 0 Å². The average Bonchev–Trinajstić information content (AvgIpc) is 2.65. The van der Waals surface area contributed by atoms with Gasteiger partial charge in [-0.05, 0) is 30.2 Å². The van der Waals surface area contributed by atoms with Crippen molar-refractivity contribution in [3.63, 3.8) is 0 Å². The second kappa shape index (κ2) is 11.8. The second-order valence-electron chi connectivity index (χ2n) is 5.89. The van der Waals surface area contributed by atoms with Crippen molar-refractivity contribution in [1.82, 2.24) is 4.90 Å². The number of unbranched alkanes of at least 4 members (excludes halogenated alkanes) is 3. The van der Waals surface area contributed by atoms with Crippen LogP contribution >= 0.6 is 0 Å². The van der Waals surface area contributed by atoms with Crippen molar-refractivity contribution < 1.29 is 19.2 Å². The van der Waals surface area contributed by atoms with E-state index in [0.717, 1.165) is 25.7 Å². The predicted molar refractivity (Wildman–Crippen MR) is 99.5 cm³/mol. The molecule has 0 saturated heterocycles. The Bertz CT molecular complexity index is 625. The highest BCUT2D eigenvalue weighted by molar-refractivity contribution is 5.92. The summed E-state index contributed by atoms with van der Waals surface area (Å²) in [7, 11) is 1.32. The third kappa shape index (κ3) is 7.92. The van der Waals surface area contributed by atoms with E-state index >= 15 is 0 Å². The number of esters is 1. The molecule has 0 atom stereocenters.